The predicted octanol–water partition coefficient (Wildman–Crippen LogP) is 1.46. The van der Waals surface area contributed by atoms with Crippen LogP contribution in [0, 0.1) is 0 Å². The van der Waals surface area contributed by atoms with Gasteiger partial charge in [0.2, 0.25) is 0 Å². The highest BCUT2D eigenvalue weighted by Crippen LogP contribution is 2.15. The Kier molecular flexibility index (Phi) is 2.89. The van der Waals surface area contributed by atoms with Crippen LogP contribution < -0.4 is 5.32 Å². The summed E-state index contributed by atoms with van der Waals surface area (Å²) >= 11 is 0. The number of nitrogens with one attached hydrogen (secondary N) is 1. The number of ether oxygens (including phenoxy) is 1. The zero-order chi connectivity index (χ0) is 9.97. The highest BCUT2D eigenvalue weighted by atomic mass is 16.5. The van der Waals surface area contributed by atoms with Crippen molar-refractivity contribution in [1.29, 1.82) is 0 Å². The van der Waals surface area contributed by atoms with Crippen molar-refractivity contribution in [3.05, 3.63) is 24.0 Å². The summed E-state index contributed by atoms with van der Waals surface area (Å²) in [6.07, 6.45) is 5.38. The lowest BCUT2D eigenvalue weighted by molar-refractivity contribution is 0.188. The molecule has 0 amide bonds. The molecule has 1 saturated heterocycles. The van der Waals surface area contributed by atoms with E-state index >= 15 is 0 Å². The Morgan fingerprint density at radius 2 is 2.50 bits per heavy atom. The number of rotatable bonds is 3. The maximum Gasteiger partial charge on any atom is 0.0620 e. The van der Waals surface area contributed by atoms with Gasteiger partial charge in [-0.1, -0.05) is 0 Å². The normalized spacial score (nSPS) is 24.0. The molecule has 1 aliphatic heterocycles. The van der Waals surface area contributed by atoms with Crippen molar-refractivity contribution in [3.8, 4) is 0 Å². The van der Waals surface area contributed by atoms with E-state index in [0.717, 1.165) is 19.6 Å². The Morgan fingerprint density at radius 1 is 1.64 bits per heavy atom. The van der Waals surface area contributed by atoms with E-state index in [1.165, 1.54) is 5.56 Å². The fourth-order valence-corrected chi connectivity index (χ4v) is 1.90. The second-order valence-corrected chi connectivity index (χ2v) is 4.06. The first kappa shape index (κ1) is 9.74. The fourth-order valence-electron chi connectivity index (χ4n) is 1.90. The zero-order valence-corrected chi connectivity index (χ0v) is 8.86. The monoisotopic (exact) mass is 194 g/mol. The molecule has 0 bridgehead atoms. The molecule has 0 radical (unpaired) electrons. The molecule has 14 heavy (non-hydrogen) atoms. The Labute approximate surface area is 85.1 Å². The molecule has 1 aromatic rings. The molecule has 2 rings (SSSR count). The van der Waals surface area contributed by atoms with Crippen molar-refractivity contribution in [1.82, 2.24) is 9.88 Å². The summed E-state index contributed by atoms with van der Waals surface area (Å²) in [5, 5.41) is 3.57. The Bertz CT molecular complexity index is 289. The Hall–Kier alpha value is -0.800. The number of aryl methyl sites for hydroxylation is 1. The van der Waals surface area contributed by atoms with Crippen LogP contribution in [-0.2, 0) is 11.8 Å². The standard InChI is InChI=1S/C11H18N2O/c1-9(10-3-5-13(2)7-10)12-11-4-6-14-8-11/h3,5,7,9,11-12H,4,6,8H2,1-2H3. The number of hydrogen-bond donors (Lipinski definition) is 1. The fraction of sp³-hybridized carbons (Fsp3) is 0.636. The van der Waals surface area contributed by atoms with Gasteiger partial charge in [0, 0.05) is 38.1 Å². The van der Waals surface area contributed by atoms with Crippen LogP contribution in [-0.4, -0.2) is 23.8 Å². The SMILES string of the molecule is CC(NC1CCOC1)c1ccn(C)c1. The summed E-state index contributed by atoms with van der Waals surface area (Å²) in [4.78, 5) is 0. The van der Waals surface area contributed by atoms with E-state index in [1.54, 1.807) is 0 Å². The molecule has 0 aliphatic carbocycles. The van der Waals surface area contributed by atoms with Gasteiger partial charge >= 0.3 is 0 Å². The van der Waals surface area contributed by atoms with Gasteiger partial charge < -0.3 is 14.6 Å². The van der Waals surface area contributed by atoms with Crippen molar-refractivity contribution < 1.29 is 4.74 Å². The molecule has 1 fully saturated rings. The van der Waals surface area contributed by atoms with Gasteiger partial charge in [-0.3, -0.25) is 0 Å². The summed E-state index contributed by atoms with van der Waals surface area (Å²) in [6.45, 7) is 3.96. The highest BCUT2D eigenvalue weighted by Gasteiger charge is 2.18. The smallest absolute Gasteiger partial charge is 0.0620 e. The molecule has 0 spiro atoms. The van der Waals surface area contributed by atoms with E-state index in [2.05, 4.69) is 42.3 Å². The molecule has 1 aliphatic rings. The largest absolute Gasteiger partial charge is 0.380 e. The Balaban J connectivity index is 1.91. The maximum absolute atomic E-state index is 5.33. The van der Waals surface area contributed by atoms with Crippen LogP contribution in [0.15, 0.2) is 18.5 Å². The molecule has 0 aromatic carbocycles. The zero-order valence-electron chi connectivity index (χ0n) is 8.86. The minimum atomic E-state index is 0.419. The first-order chi connectivity index (χ1) is 6.75. The third-order valence-electron chi connectivity index (χ3n) is 2.77. The molecule has 0 saturated carbocycles. The molecular formula is C11H18N2O. The number of nitrogens with zero attached hydrogens (tertiary/aromatic N) is 1. The molecule has 2 atom stereocenters. The van der Waals surface area contributed by atoms with Crippen LogP contribution in [0.3, 0.4) is 0 Å². The molecule has 78 valence electrons. The average Bonchev–Trinajstić information content (AvgIpc) is 2.75. The van der Waals surface area contributed by atoms with E-state index < -0.39 is 0 Å². The van der Waals surface area contributed by atoms with E-state index in [0.29, 0.717) is 12.1 Å². The van der Waals surface area contributed by atoms with E-state index in [-0.39, 0.29) is 0 Å². The third-order valence-corrected chi connectivity index (χ3v) is 2.77. The average molecular weight is 194 g/mol. The van der Waals surface area contributed by atoms with E-state index in [4.69, 9.17) is 4.74 Å². The van der Waals surface area contributed by atoms with Gasteiger partial charge in [0.25, 0.3) is 0 Å². The molecule has 2 heterocycles. The lowest BCUT2D eigenvalue weighted by atomic mass is 10.1. The van der Waals surface area contributed by atoms with Crippen molar-refractivity contribution in [2.45, 2.75) is 25.4 Å². The third kappa shape index (κ3) is 2.16. The highest BCUT2D eigenvalue weighted by molar-refractivity contribution is 5.14. The lowest BCUT2D eigenvalue weighted by Gasteiger charge is -2.17. The van der Waals surface area contributed by atoms with Gasteiger partial charge in [-0.25, -0.2) is 0 Å². The van der Waals surface area contributed by atoms with Crippen molar-refractivity contribution >= 4 is 0 Å². The summed E-state index contributed by atoms with van der Waals surface area (Å²) < 4.78 is 7.41. The van der Waals surface area contributed by atoms with Crippen molar-refractivity contribution in [2.75, 3.05) is 13.2 Å². The van der Waals surface area contributed by atoms with Gasteiger partial charge in [0.15, 0.2) is 0 Å². The van der Waals surface area contributed by atoms with Crippen LogP contribution in [0.25, 0.3) is 0 Å². The van der Waals surface area contributed by atoms with Gasteiger partial charge in [-0.15, -0.1) is 0 Å². The molecular weight excluding hydrogens is 176 g/mol. The summed E-state index contributed by atoms with van der Waals surface area (Å²) in [5.74, 6) is 0. The molecule has 3 heteroatoms. The van der Waals surface area contributed by atoms with Gasteiger partial charge in [-0.05, 0) is 25.0 Å². The van der Waals surface area contributed by atoms with Gasteiger partial charge in [-0.2, -0.15) is 0 Å². The van der Waals surface area contributed by atoms with Crippen molar-refractivity contribution in [3.63, 3.8) is 0 Å². The van der Waals surface area contributed by atoms with Crippen LogP contribution >= 0.6 is 0 Å². The first-order valence-electron chi connectivity index (χ1n) is 5.21. The van der Waals surface area contributed by atoms with E-state index in [9.17, 15) is 0 Å². The van der Waals surface area contributed by atoms with E-state index in [1.807, 2.05) is 0 Å². The first-order valence-corrected chi connectivity index (χ1v) is 5.21. The summed E-state index contributed by atoms with van der Waals surface area (Å²) in [5.41, 5.74) is 1.35. The maximum atomic E-state index is 5.33. The van der Waals surface area contributed by atoms with Gasteiger partial charge in [0.05, 0.1) is 6.61 Å². The summed E-state index contributed by atoms with van der Waals surface area (Å²) in [6, 6.07) is 3.11. The van der Waals surface area contributed by atoms with Crippen LogP contribution in [0.5, 0.6) is 0 Å². The van der Waals surface area contributed by atoms with Crippen LogP contribution in [0.1, 0.15) is 24.9 Å². The second kappa shape index (κ2) is 4.15. The molecule has 2 unspecified atom stereocenters. The van der Waals surface area contributed by atoms with Crippen molar-refractivity contribution in [2.24, 2.45) is 7.05 Å². The topological polar surface area (TPSA) is 26.2 Å². The predicted molar refractivity (Wildman–Crippen MR) is 56.2 cm³/mol. The molecule has 1 N–H and O–H groups in total. The van der Waals surface area contributed by atoms with Gasteiger partial charge in [0.1, 0.15) is 0 Å². The molecule has 3 nitrogen and oxygen atoms in total. The number of hydrogen-bond acceptors (Lipinski definition) is 2. The minimum Gasteiger partial charge on any atom is -0.380 e. The Morgan fingerprint density at radius 3 is 3.07 bits per heavy atom. The van der Waals surface area contributed by atoms with Crippen LogP contribution in [0.4, 0.5) is 0 Å². The summed E-state index contributed by atoms with van der Waals surface area (Å²) in [7, 11) is 2.05. The number of aromatic nitrogens is 1. The van der Waals surface area contributed by atoms with Crippen LogP contribution in [0.2, 0.25) is 0 Å². The molecule has 1 aromatic heterocycles. The quantitative estimate of drug-likeness (QED) is 0.788. The second-order valence-electron chi connectivity index (χ2n) is 4.06. The lowest BCUT2D eigenvalue weighted by Crippen LogP contribution is -2.31. The minimum absolute atomic E-state index is 0.419.